The largest absolute Gasteiger partial charge is 0.480 e. The van der Waals surface area contributed by atoms with E-state index >= 15 is 0 Å². The highest BCUT2D eigenvalue weighted by Crippen LogP contribution is 2.21. The average molecular weight is 398 g/mol. The summed E-state index contributed by atoms with van der Waals surface area (Å²) < 4.78 is 1.18. The van der Waals surface area contributed by atoms with Crippen LogP contribution in [0.2, 0.25) is 0 Å². The van der Waals surface area contributed by atoms with Gasteiger partial charge in [-0.2, -0.15) is 5.10 Å². The van der Waals surface area contributed by atoms with Gasteiger partial charge in [-0.1, -0.05) is 6.07 Å². The fraction of sp³-hybridized carbons (Fsp3) is 0.350. The zero-order valence-electron chi connectivity index (χ0n) is 16.0. The summed E-state index contributed by atoms with van der Waals surface area (Å²) in [6.45, 7) is 2.47. The SMILES string of the molecule is CCn1nc(C(=O)Nc2cccc(C(=O)N3CCCCC3C(=O)O)c2)ccc1=O. The first-order chi connectivity index (χ1) is 13.9. The van der Waals surface area contributed by atoms with Crippen molar-refractivity contribution >= 4 is 23.5 Å². The van der Waals surface area contributed by atoms with Crippen LogP contribution in [-0.2, 0) is 11.3 Å². The molecule has 0 aliphatic carbocycles. The standard InChI is InChI=1S/C20H22N4O5/c1-2-24-17(25)10-9-15(22-24)18(26)21-14-7-5-6-13(12-14)19(27)23-11-4-3-8-16(23)20(28)29/h5-7,9-10,12,16H,2-4,8,11H2,1H3,(H,21,26)(H,28,29). The molecule has 29 heavy (non-hydrogen) atoms. The summed E-state index contributed by atoms with van der Waals surface area (Å²) in [5, 5.41) is 16.0. The number of carbonyl (C=O) groups is 3. The second-order valence-corrected chi connectivity index (χ2v) is 6.76. The summed E-state index contributed by atoms with van der Waals surface area (Å²) in [4.78, 5) is 49.7. The molecule has 2 aromatic rings. The van der Waals surface area contributed by atoms with E-state index in [1.54, 1.807) is 25.1 Å². The lowest BCUT2D eigenvalue weighted by molar-refractivity contribution is -0.143. The Labute approximate surface area is 166 Å². The number of hydrogen-bond acceptors (Lipinski definition) is 5. The van der Waals surface area contributed by atoms with Gasteiger partial charge in [-0.05, 0) is 50.5 Å². The van der Waals surface area contributed by atoms with E-state index in [1.165, 1.54) is 27.8 Å². The number of anilines is 1. The third-order valence-electron chi connectivity index (χ3n) is 4.81. The minimum Gasteiger partial charge on any atom is -0.480 e. The van der Waals surface area contributed by atoms with E-state index in [9.17, 15) is 24.3 Å². The van der Waals surface area contributed by atoms with Gasteiger partial charge in [0.05, 0.1) is 0 Å². The molecule has 152 valence electrons. The van der Waals surface area contributed by atoms with Crippen LogP contribution in [0.25, 0.3) is 0 Å². The van der Waals surface area contributed by atoms with Crippen LogP contribution in [0.3, 0.4) is 0 Å². The third-order valence-corrected chi connectivity index (χ3v) is 4.81. The number of piperidine rings is 1. The minimum absolute atomic E-state index is 0.0742. The zero-order chi connectivity index (χ0) is 21.0. The molecule has 2 N–H and O–H groups in total. The van der Waals surface area contributed by atoms with Crippen LogP contribution >= 0.6 is 0 Å². The number of benzene rings is 1. The molecule has 1 atom stereocenters. The second-order valence-electron chi connectivity index (χ2n) is 6.76. The Kier molecular flexibility index (Phi) is 6.06. The Morgan fingerprint density at radius 2 is 2.00 bits per heavy atom. The number of amides is 2. The van der Waals surface area contributed by atoms with Crippen LogP contribution in [0.5, 0.6) is 0 Å². The monoisotopic (exact) mass is 398 g/mol. The van der Waals surface area contributed by atoms with Gasteiger partial charge in [-0.3, -0.25) is 14.4 Å². The van der Waals surface area contributed by atoms with Crippen LogP contribution in [0.15, 0.2) is 41.2 Å². The number of aryl methyl sites for hydroxylation is 1. The van der Waals surface area contributed by atoms with Crippen molar-refractivity contribution < 1.29 is 19.5 Å². The molecule has 0 radical (unpaired) electrons. The minimum atomic E-state index is -1.01. The summed E-state index contributed by atoms with van der Waals surface area (Å²) in [6, 6.07) is 8.09. The summed E-state index contributed by atoms with van der Waals surface area (Å²) in [5.41, 5.74) is 0.444. The number of carboxylic acids is 1. The first kappa shape index (κ1) is 20.2. The van der Waals surface area contributed by atoms with E-state index in [0.29, 0.717) is 30.8 Å². The molecule has 9 heteroatoms. The first-order valence-electron chi connectivity index (χ1n) is 9.44. The smallest absolute Gasteiger partial charge is 0.326 e. The molecule has 0 spiro atoms. The fourth-order valence-corrected chi connectivity index (χ4v) is 3.32. The van der Waals surface area contributed by atoms with Gasteiger partial charge < -0.3 is 15.3 Å². The van der Waals surface area contributed by atoms with Crippen molar-refractivity contribution in [2.24, 2.45) is 0 Å². The summed E-state index contributed by atoms with van der Waals surface area (Å²) in [6.07, 6.45) is 1.95. The van der Waals surface area contributed by atoms with E-state index in [-0.39, 0.29) is 17.2 Å². The van der Waals surface area contributed by atoms with Crippen molar-refractivity contribution in [1.82, 2.24) is 14.7 Å². The van der Waals surface area contributed by atoms with E-state index in [4.69, 9.17) is 0 Å². The maximum atomic E-state index is 12.8. The van der Waals surface area contributed by atoms with Gasteiger partial charge >= 0.3 is 5.97 Å². The topological polar surface area (TPSA) is 122 Å². The van der Waals surface area contributed by atoms with Crippen molar-refractivity contribution in [3.05, 3.63) is 58.0 Å². The van der Waals surface area contributed by atoms with E-state index in [0.717, 1.165) is 12.8 Å². The molecule has 1 aromatic heterocycles. The molecule has 1 aromatic carbocycles. The predicted octanol–water partition coefficient (Wildman–Crippen LogP) is 1.59. The Hall–Kier alpha value is -3.49. The molecule has 0 saturated carbocycles. The molecular formula is C20H22N4O5. The molecule has 1 unspecified atom stereocenters. The number of nitrogens with one attached hydrogen (secondary N) is 1. The quantitative estimate of drug-likeness (QED) is 0.789. The number of hydrogen-bond donors (Lipinski definition) is 2. The lowest BCUT2D eigenvalue weighted by Crippen LogP contribution is -2.48. The maximum Gasteiger partial charge on any atom is 0.326 e. The lowest BCUT2D eigenvalue weighted by atomic mass is 10.0. The molecule has 1 aliphatic rings. The van der Waals surface area contributed by atoms with Crippen LogP contribution in [-0.4, -0.2) is 50.2 Å². The normalized spacial score (nSPS) is 16.3. The molecule has 1 aliphatic heterocycles. The Bertz CT molecular complexity index is 1000. The van der Waals surface area contributed by atoms with Crippen LogP contribution in [0, 0.1) is 0 Å². The lowest BCUT2D eigenvalue weighted by Gasteiger charge is -2.33. The summed E-state index contributed by atoms with van der Waals surface area (Å²) in [7, 11) is 0. The van der Waals surface area contributed by atoms with Crippen molar-refractivity contribution in [2.75, 3.05) is 11.9 Å². The Morgan fingerprint density at radius 1 is 1.21 bits per heavy atom. The van der Waals surface area contributed by atoms with Gasteiger partial charge in [-0.15, -0.1) is 0 Å². The molecule has 2 heterocycles. The van der Waals surface area contributed by atoms with Gasteiger partial charge in [0.15, 0.2) is 0 Å². The summed E-state index contributed by atoms with van der Waals surface area (Å²) >= 11 is 0. The first-order valence-corrected chi connectivity index (χ1v) is 9.44. The third kappa shape index (κ3) is 4.50. The average Bonchev–Trinajstić information content (AvgIpc) is 2.73. The highest BCUT2D eigenvalue weighted by Gasteiger charge is 2.32. The number of carbonyl (C=O) groups excluding carboxylic acids is 2. The number of aliphatic carboxylic acids is 1. The second kappa shape index (κ2) is 8.68. The number of nitrogens with zero attached hydrogens (tertiary/aromatic N) is 3. The number of carboxylic acid groups (broad SMARTS) is 1. The molecule has 1 saturated heterocycles. The number of rotatable bonds is 5. The van der Waals surface area contributed by atoms with Crippen LogP contribution in [0.4, 0.5) is 5.69 Å². The van der Waals surface area contributed by atoms with Crippen LogP contribution in [0.1, 0.15) is 47.0 Å². The van der Waals surface area contributed by atoms with Crippen molar-refractivity contribution in [1.29, 1.82) is 0 Å². The van der Waals surface area contributed by atoms with Crippen LogP contribution < -0.4 is 10.9 Å². The van der Waals surface area contributed by atoms with E-state index < -0.39 is 17.9 Å². The van der Waals surface area contributed by atoms with Gasteiger partial charge in [0, 0.05) is 30.4 Å². The Morgan fingerprint density at radius 3 is 2.72 bits per heavy atom. The molecule has 3 rings (SSSR count). The highest BCUT2D eigenvalue weighted by molar-refractivity contribution is 6.04. The van der Waals surface area contributed by atoms with E-state index in [1.807, 2.05) is 0 Å². The van der Waals surface area contributed by atoms with Crippen molar-refractivity contribution in [2.45, 2.75) is 38.8 Å². The molecule has 1 fully saturated rings. The fourth-order valence-electron chi connectivity index (χ4n) is 3.32. The van der Waals surface area contributed by atoms with E-state index in [2.05, 4.69) is 10.4 Å². The molecule has 2 amide bonds. The Balaban J connectivity index is 1.78. The van der Waals surface area contributed by atoms with Crippen molar-refractivity contribution in [3.8, 4) is 0 Å². The number of aromatic nitrogens is 2. The van der Waals surface area contributed by atoms with Crippen molar-refractivity contribution in [3.63, 3.8) is 0 Å². The summed E-state index contributed by atoms with van der Waals surface area (Å²) in [5.74, 6) is -1.91. The number of likely N-dealkylation sites (tertiary alicyclic amines) is 1. The maximum absolute atomic E-state index is 12.8. The predicted molar refractivity (Wildman–Crippen MR) is 105 cm³/mol. The molecule has 0 bridgehead atoms. The highest BCUT2D eigenvalue weighted by atomic mass is 16.4. The van der Waals surface area contributed by atoms with Gasteiger partial charge in [-0.25, -0.2) is 9.48 Å². The van der Waals surface area contributed by atoms with Gasteiger partial charge in [0.2, 0.25) is 0 Å². The zero-order valence-corrected chi connectivity index (χ0v) is 16.0. The van der Waals surface area contributed by atoms with Gasteiger partial charge in [0.1, 0.15) is 11.7 Å². The molecule has 9 nitrogen and oxygen atoms in total. The molecular weight excluding hydrogens is 376 g/mol. The van der Waals surface area contributed by atoms with Gasteiger partial charge in [0.25, 0.3) is 17.4 Å².